The van der Waals surface area contributed by atoms with E-state index in [1.165, 1.54) is 19.2 Å². The highest BCUT2D eigenvalue weighted by molar-refractivity contribution is 9.10. The van der Waals surface area contributed by atoms with Gasteiger partial charge in [0.25, 0.3) is 0 Å². The zero-order valence-corrected chi connectivity index (χ0v) is 16.1. The number of benzene rings is 2. The summed E-state index contributed by atoms with van der Waals surface area (Å²) < 4.78 is 33.3. The molecule has 0 saturated carbocycles. The Bertz CT molecular complexity index is 853. The number of hydrogen-bond donors (Lipinski definition) is 1. The van der Waals surface area contributed by atoms with Crippen molar-refractivity contribution in [3.8, 4) is 0 Å². The minimum atomic E-state index is -3.97. The lowest BCUT2D eigenvalue weighted by atomic mass is 10.1. The Kier molecular flexibility index (Phi) is 6.03. The van der Waals surface area contributed by atoms with Crippen LogP contribution in [0.1, 0.15) is 17.2 Å². The molecular formula is C16H15BrClNO4S. The molecule has 5 nitrogen and oxygen atoms in total. The number of carbonyl (C=O) groups excluding carboxylic acids is 1. The number of rotatable bonds is 5. The van der Waals surface area contributed by atoms with Gasteiger partial charge in [-0.3, -0.25) is 0 Å². The molecule has 0 aliphatic rings. The van der Waals surface area contributed by atoms with Crippen LogP contribution in [0.3, 0.4) is 0 Å². The second-order valence-electron chi connectivity index (χ2n) is 4.99. The van der Waals surface area contributed by atoms with Crippen molar-refractivity contribution in [1.29, 1.82) is 0 Å². The lowest BCUT2D eigenvalue weighted by Gasteiger charge is -2.18. The van der Waals surface area contributed by atoms with E-state index in [9.17, 15) is 13.2 Å². The number of ether oxygens (including phenoxy) is 1. The summed E-state index contributed by atoms with van der Waals surface area (Å²) in [6.07, 6.45) is 0. The number of halogens is 2. The molecule has 2 aromatic carbocycles. The molecule has 0 unspecified atom stereocenters. The molecule has 1 atom stereocenters. The van der Waals surface area contributed by atoms with Crippen LogP contribution >= 0.6 is 27.5 Å². The van der Waals surface area contributed by atoms with Gasteiger partial charge in [-0.2, -0.15) is 4.72 Å². The molecule has 24 heavy (non-hydrogen) atoms. The van der Waals surface area contributed by atoms with E-state index in [-0.39, 0.29) is 4.90 Å². The predicted molar refractivity (Wildman–Crippen MR) is 95.4 cm³/mol. The van der Waals surface area contributed by atoms with Gasteiger partial charge in [0.2, 0.25) is 10.0 Å². The molecule has 0 saturated heterocycles. The molecule has 8 heteroatoms. The van der Waals surface area contributed by atoms with Crippen LogP contribution in [0.5, 0.6) is 0 Å². The van der Waals surface area contributed by atoms with Crippen LogP contribution in [-0.4, -0.2) is 21.5 Å². The molecule has 2 aromatic rings. The van der Waals surface area contributed by atoms with Crippen LogP contribution in [0.2, 0.25) is 5.02 Å². The monoisotopic (exact) mass is 431 g/mol. The maximum Gasteiger partial charge on any atom is 0.328 e. The first-order valence-electron chi connectivity index (χ1n) is 6.87. The van der Waals surface area contributed by atoms with E-state index in [4.69, 9.17) is 16.3 Å². The van der Waals surface area contributed by atoms with Crippen molar-refractivity contribution in [2.45, 2.75) is 17.9 Å². The smallest absolute Gasteiger partial charge is 0.328 e. The first kappa shape index (κ1) is 18.9. The number of carbonyl (C=O) groups is 1. The summed E-state index contributed by atoms with van der Waals surface area (Å²) in [5.41, 5.74) is 0.874. The highest BCUT2D eigenvalue weighted by Crippen LogP contribution is 2.25. The number of nitrogens with one attached hydrogen (secondary N) is 1. The van der Waals surface area contributed by atoms with Gasteiger partial charge in [-0.25, -0.2) is 13.2 Å². The van der Waals surface area contributed by atoms with Crippen LogP contribution in [0.15, 0.2) is 51.8 Å². The summed E-state index contributed by atoms with van der Waals surface area (Å²) in [7, 11) is -2.77. The zero-order chi connectivity index (χ0) is 17.9. The average Bonchev–Trinajstić information content (AvgIpc) is 2.55. The minimum Gasteiger partial charge on any atom is -0.468 e. The van der Waals surface area contributed by atoms with Crippen LogP contribution < -0.4 is 4.72 Å². The van der Waals surface area contributed by atoms with Crippen molar-refractivity contribution in [2.24, 2.45) is 0 Å². The first-order valence-corrected chi connectivity index (χ1v) is 9.52. The predicted octanol–water partition coefficient (Wildman–Crippen LogP) is 3.60. The molecule has 0 radical (unpaired) electrons. The number of hydrogen-bond acceptors (Lipinski definition) is 4. The van der Waals surface area contributed by atoms with Crippen molar-refractivity contribution >= 4 is 43.5 Å². The van der Waals surface area contributed by atoms with Gasteiger partial charge in [-0.15, -0.1) is 0 Å². The van der Waals surface area contributed by atoms with Crippen LogP contribution in [0.25, 0.3) is 0 Å². The molecule has 0 amide bonds. The van der Waals surface area contributed by atoms with E-state index in [1.807, 2.05) is 0 Å². The Morgan fingerprint density at radius 3 is 2.42 bits per heavy atom. The second-order valence-corrected chi connectivity index (χ2v) is 8.00. The van der Waals surface area contributed by atoms with Gasteiger partial charge in [-0.1, -0.05) is 45.7 Å². The van der Waals surface area contributed by atoms with E-state index >= 15 is 0 Å². The molecule has 0 bridgehead atoms. The van der Waals surface area contributed by atoms with Gasteiger partial charge in [0.15, 0.2) is 0 Å². The molecule has 0 aliphatic heterocycles. The number of sulfonamides is 1. The SMILES string of the molecule is COC(=O)[C@@H](NS(=O)(=O)c1cccc(Cl)c1C)c1ccc(Br)cc1. The van der Waals surface area contributed by atoms with Crippen molar-refractivity contribution in [1.82, 2.24) is 4.72 Å². The minimum absolute atomic E-state index is 0.0148. The molecule has 0 heterocycles. The largest absolute Gasteiger partial charge is 0.468 e. The van der Waals surface area contributed by atoms with E-state index in [1.54, 1.807) is 37.3 Å². The molecule has 0 aliphatic carbocycles. The first-order chi connectivity index (χ1) is 11.3. The lowest BCUT2D eigenvalue weighted by Crippen LogP contribution is -2.34. The zero-order valence-electron chi connectivity index (χ0n) is 12.9. The third-order valence-electron chi connectivity index (χ3n) is 3.42. The summed E-state index contributed by atoms with van der Waals surface area (Å²) in [5.74, 6) is -0.708. The summed E-state index contributed by atoms with van der Waals surface area (Å²) >= 11 is 9.29. The fraction of sp³-hybridized carbons (Fsp3) is 0.188. The Hall–Kier alpha value is -1.41. The molecule has 2 rings (SSSR count). The van der Waals surface area contributed by atoms with Crippen molar-refractivity contribution in [2.75, 3.05) is 7.11 Å². The van der Waals surface area contributed by atoms with Gasteiger partial charge in [0.05, 0.1) is 12.0 Å². The molecule has 1 N–H and O–H groups in total. The van der Waals surface area contributed by atoms with Crippen molar-refractivity contribution < 1.29 is 17.9 Å². The highest BCUT2D eigenvalue weighted by atomic mass is 79.9. The van der Waals surface area contributed by atoms with Gasteiger partial charge in [-0.05, 0) is 42.3 Å². The third-order valence-corrected chi connectivity index (χ3v) is 5.93. The van der Waals surface area contributed by atoms with Gasteiger partial charge < -0.3 is 4.74 Å². The van der Waals surface area contributed by atoms with E-state index in [2.05, 4.69) is 20.7 Å². The number of esters is 1. The lowest BCUT2D eigenvalue weighted by molar-refractivity contribution is -0.142. The van der Waals surface area contributed by atoms with E-state index < -0.39 is 22.0 Å². The standard InChI is InChI=1S/C16H15BrClNO4S/c1-10-13(18)4-3-5-14(10)24(21,22)19-15(16(20)23-2)11-6-8-12(17)9-7-11/h3-9,15,19H,1-2H3/t15-/m0/s1. The average molecular weight is 433 g/mol. The number of methoxy groups -OCH3 is 1. The molecule has 128 valence electrons. The molecule has 0 fully saturated rings. The quantitative estimate of drug-likeness (QED) is 0.733. The Morgan fingerprint density at radius 2 is 1.83 bits per heavy atom. The summed E-state index contributed by atoms with van der Waals surface area (Å²) in [6.45, 7) is 1.60. The summed E-state index contributed by atoms with van der Waals surface area (Å²) in [5, 5.41) is 0.330. The summed E-state index contributed by atoms with van der Waals surface area (Å²) in [4.78, 5) is 12.1. The van der Waals surface area contributed by atoms with Crippen LogP contribution in [-0.2, 0) is 19.6 Å². The third kappa shape index (κ3) is 4.16. The fourth-order valence-electron chi connectivity index (χ4n) is 2.12. The topological polar surface area (TPSA) is 72.5 Å². The summed E-state index contributed by atoms with van der Waals surface area (Å²) in [6, 6.07) is 10.1. The van der Waals surface area contributed by atoms with Gasteiger partial charge in [0.1, 0.15) is 6.04 Å². The normalized spacial score (nSPS) is 12.7. The Labute approximate surface area is 154 Å². The van der Waals surface area contributed by atoms with Crippen molar-refractivity contribution in [3.05, 3.63) is 63.1 Å². The van der Waals surface area contributed by atoms with Crippen LogP contribution in [0, 0.1) is 6.92 Å². The maximum absolute atomic E-state index is 12.7. The van der Waals surface area contributed by atoms with Crippen molar-refractivity contribution in [3.63, 3.8) is 0 Å². The Balaban J connectivity index is 2.43. The van der Waals surface area contributed by atoms with Gasteiger partial charge in [0, 0.05) is 9.50 Å². The maximum atomic E-state index is 12.7. The second kappa shape index (κ2) is 7.65. The van der Waals surface area contributed by atoms with E-state index in [0.717, 1.165) is 4.47 Å². The van der Waals surface area contributed by atoms with Crippen LogP contribution in [0.4, 0.5) is 0 Å². The van der Waals surface area contributed by atoms with Gasteiger partial charge >= 0.3 is 5.97 Å². The van der Waals surface area contributed by atoms with E-state index in [0.29, 0.717) is 16.1 Å². The molecule has 0 spiro atoms. The Morgan fingerprint density at radius 1 is 1.21 bits per heavy atom. The fourth-order valence-corrected chi connectivity index (χ4v) is 4.06. The molecular weight excluding hydrogens is 418 g/mol. The highest BCUT2D eigenvalue weighted by Gasteiger charge is 2.29. The molecule has 0 aromatic heterocycles.